The van der Waals surface area contributed by atoms with Crippen LogP contribution in [0.25, 0.3) is 11.0 Å². The Balaban J connectivity index is 1.55. The molecule has 104 valence electrons. The summed E-state index contributed by atoms with van der Waals surface area (Å²) in [6, 6.07) is 13.6. The molecular weight excluding hydrogens is 282 g/mol. The third kappa shape index (κ3) is 3.15. The number of anilines is 1. The number of nitrogens with one attached hydrogen (secondary N) is 2. The highest BCUT2D eigenvalue weighted by Gasteiger charge is 2.04. The lowest BCUT2D eigenvalue weighted by molar-refractivity contribution is 1.07. The number of fused-ring (bicyclic) bond motifs is 1. The van der Waals surface area contributed by atoms with Gasteiger partial charge in [-0.15, -0.1) is 0 Å². The van der Waals surface area contributed by atoms with Crippen LogP contribution in [0.1, 0.15) is 5.56 Å². The molecule has 0 aliphatic heterocycles. The Kier molecular flexibility index (Phi) is 4.03. The molecule has 0 saturated carbocycles. The highest BCUT2D eigenvalue weighted by Crippen LogP contribution is 2.19. The van der Waals surface area contributed by atoms with Gasteiger partial charge < -0.3 is 10.3 Å². The van der Waals surface area contributed by atoms with Crippen LogP contribution in [-0.2, 0) is 0 Å². The quantitative estimate of drug-likeness (QED) is 0.559. The molecule has 0 atom stereocenters. The summed E-state index contributed by atoms with van der Waals surface area (Å²) in [6.45, 7) is 0.716. The van der Waals surface area contributed by atoms with E-state index >= 15 is 0 Å². The van der Waals surface area contributed by atoms with Crippen molar-refractivity contribution in [2.75, 3.05) is 17.6 Å². The number of pyridine rings is 1. The Hall–Kier alpha value is -2.52. The van der Waals surface area contributed by atoms with E-state index in [0.717, 1.165) is 21.9 Å². The van der Waals surface area contributed by atoms with Crippen molar-refractivity contribution in [2.24, 2.45) is 0 Å². The van der Waals surface area contributed by atoms with Crippen LogP contribution in [0.2, 0.25) is 0 Å². The van der Waals surface area contributed by atoms with Crippen molar-refractivity contribution in [1.82, 2.24) is 15.0 Å². The molecule has 2 N–H and O–H groups in total. The van der Waals surface area contributed by atoms with E-state index in [9.17, 15) is 0 Å². The zero-order chi connectivity index (χ0) is 14.5. The maximum atomic E-state index is 8.98. The number of aromatic amines is 1. The van der Waals surface area contributed by atoms with Crippen LogP contribution >= 0.6 is 11.8 Å². The SMILES string of the molecule is N#Cc1cccnc1NCCSc1nc2ccccc2[nH]1. The molecule has 3 aromatic rings. The van der Waals surface area contributed by atoms with Gasteiger partial charge in [-0.2, -0.15) is 5.26 Å². The summed E-state index contributed by atoms with van der Waals surface area (Å²) in [7, 11) is 0. The Labute approximate surface area is 126 Å². The van der Waals surface area contributed by atoms with Crippen molar-refractivity contribution in [3.8, 4) is 6.07 Å². The van der Waals surface area contributed by atoms with Gasteiger partial charge in [0.1, 0.15) is 11.9 Å². The zero-order valence-corrected chi connectivity index (χ0v) is 12.0. The second kappa shape index (κ2) is 6.29. The van der Waals surface area contributed by atoms with E-state index in [-0.39, 0.29) is 0 Å². The van der Waals surface area contributed by atoms with Crippen LogP contribution in [-0.4, -0.2) is 27.2 Å². The predicted octanol–water partition coefficient (Wildman–Crippen LogP) is 3.03. The average molecular weight is 295 g/mol. The van der Waals surface area contributed by atoms with Crippen LogP contribution in [0, 0.1) is 11.3 Å². The van der Waals surface area contributed by atoms with Crippen molar-refractivity contribution < 1.29 is 0 Å². The van der Waals surface area contributed by atoms with Crippen molar-refractivity contribution in [3.63, 3.8) is 0 Å². The number of nitrogens with zero attached hydrogens (tertiary/aromatic N) is 3. The summed E-state index contributed by atoms with van der Waals surface area (Å²) in [6.07, 6.45) is 1.68. The highest BCUT2D eigenvalue weighted by molar-refractivity contribution is 7.99. The van der Waals surface area contributed by atoms with E-state index in [2.05, 4.69) is 26.3 Å². The Morgan fingerprint density at radius 2 is 2.14 bits per heavy atom. The average Bonchev–Trinajstić information content (AvgIpc) is 2.94. The van der Waals surface area contributed by atoms with Gasteiger partial charge in [0.05, 0.1) is 16.6 Å². The molecule has 0 amide bonds. The van der Waals surface area contributed by atoms with E-state index in [0.29, 0.717) is 17.9 Å². The molecule has 5 nitrogen and oxygen atoms in total. The van der Waals surface area contributed by atoms with Gasteiger partial charge in [-0.05, 0) is 24.3 Å². The second-order valence-corrected chi connectivity index (χ2v) is 5.43. The number of nitriles is 1. The zero-order valence-electron chi connectivity index (χ0n) is 11.2. The van der Waals surface area contributed by atoms with Crippen LogP contribution in [0.4, 0.5) is 5.82 Å². The Bertz CT molecular complexity index is 757. The van der Waals surface area contributed by atoms with E-state index in [1.165, 1.54) is 0 Å². The molecule has 1 aromatic carbocycles. The lowest BCUT2D eigenvalue weighted by Gasteiger charge is -2.05. The molecule has 0 saturated heterocycles. The van der Waals surface area contributed by atoms with E-state index < -0.39 is 0 Å². The number of rotatable bonds is 5. The molecule has 0 bridgehead atoms. The van der Waals surface area contributed by atoms with Crippen molar-refractivity contribution in [2.45, 2.75) is 5.16 Å². The van der Waals surface area contributed by atoms with Crippen LogP contribution in [0.3, 0.4) is 0 Å². The number of hydrogen-bond acceptors (Lipinski definition) is 5. The lowest BCUT2D eigenvalue weighted by atomic mass is 10.3. The normalized spacial score (nSPS) is 10.4. The summed E-state index contributed by atoms with van der Waals surface area (Å²) in [5, 5.41) is 13.1. The standard InChI is InChI=1S/C15H13N5S/c16-10-11-4-3-7-17-14(11)18-8-9-21-15-19-12-5-1-2-6-13(12)20-15/h1-7H,8-9H2,(H,17,18)(H,19,20). The van der Waals surface area contributed by atoms with Crippen molar-refractivity contribution in [3.05, 3.63) is 48.2 Å². The molecule has 0 aliphatic rings. The first-order valence-corrected chi connectivity index (χ1v) is 7.52. The van der Waals surface area contributed by atoms with Gasteiger partial charge >= 0.3 is 0 Å². The summed E-state index contributed by atoms with van der Waals surface area (Å²) < 4.78 is 0. The van der Waals surface area contributed by atoms with Gasteiger partial charge in [0.2, 0.25) is 0 Å². The van der Waals surface area contributed by atoms with E-state index in [4.69, 9.17) is 5.26 Å². The summed E-state index contributed by atoms with van der Waals surface area (Å²) >= 11 is 1.64. The third-order valence-corrected chi connectivity index (χ3v) is 3.80. The van der Waals surface area contributed by atoms with Gasteiger partial charge in [0.25, 0.3) is 0 Å². The molecule has 2 heterocycles. The minimum Gasteiger partial charge on any atom is -0.368 e. The number of para-hydroxylation sites is 2. The topological polar surface area (TPSA) is 77.4 Å². The molecule has 0 radical (unpaired) electrons. The Morgan fingerprint density at radius 1 is 1.24 bits per heavy atom. The first-order chi connectivity index (χ1) is 10.4. The van der Waals surface area contributed by atoms with E-state index in [1.54, 1.807) is 30.1 Å². The first-order valence-electron chi connectivity index (χ1n) is 6.53. The second-order valence-electron chi connectivity index (χ2n) is 4.35. The van der Waals surface area contributed by atoms with E-state index in [1.807, 2.05) is 24.3 Å². The van der Waals surface area contributed by atoms with Gasteiger partial charge in [0, 0.05) is 18.5 Å². The van der Waals surface area contributed by atoms with Gasteiger partial charge in [0.15, 0.2) is 5.16 Å². The molecule has 0 fully saturated rings. The molecule has 0 unspecified atom stereocenters. The largest absolute Gasteiger partial charge is 0.368 e. The molecular formula is C15H13N5S. The predicted molar refractivity (Wildman–Crippen MR) is 84.3 cm³/mol. The van der Waals surface area contributed by atoms with Crippen molar-refractivity contribution in [1.29, 1.82) is 5.26 Å². The minimum absolute atomic E-state index is 0.561. The first kappa shape index (κ1) is 13.5. The molecule has 21 heavy (non-hydrogen) atoms. The van der Waals surface area contributed by atoms with Gasteiger partial charge in [-0.1, -0.05) is 23.9 Å². The summed E-state index contributed by atoms with van der Waals surface area (Å²) in [4.78, 5) is 11.9. The molecule has 2 aromatic heterocycles. The Morgan fingerprint density at radius 3 is 3.00 bits per heavy atom. The smallest absolute Gasteiger partial charge is 0.166 e. The van der Waals surface area contributed by atoms with Crippen LogP contribution < -0.4 is 5.32 Å². The molecule has 3 rings (SSSR count). The van der Waals surface area contributed by atoms with Gasteiger partial charge in [-0.25, -0.2) is 9.97 Å². The third-order valence-electron chi connectivity index (χ3n) is 2.93. The fourth-order valence-electron chi connectivity index (χ4n) is 1.95. The number of benzene rings is 1. The number of thioether (sulfide) groups is 1. The molecule has 0 spiro atoms. The number of hydrogen-bond donors (Lipinski definition) is 2. The minimum atomic E-state index is 0.561. The maximum absolute atomic E-state index is 8.98. The monoisotopic (exact) mass is 295 g/mol. The number of aromatic nitrogens is 3. The summed E-state index contributed by atoms with van der Waals surface area (Å²) in [5.41, 5.74) is 2.58. The fourth-order valence-corrected chi connectivity index (χ4v) is 2.69. The lowest BCUT2D eigenvalue weighted by Crippen LogP contribution is -2.07. The number of imidazole rings is 1. The van der Waals surface area contributed by atoms with Crippen LogP contribution in [0.15, 0.2) is 47.8 Å². The highest BCUT2D eigenvalue weighted by atomic mass is 32.2. The van der Waals surface area contributed by atoms with Gasteiger partial charge in [-0.3, -0.25) is 0 Å². The fraction of sp³-hybridized carbons (Fsp3) is 0.133. The summed E-state index contributed by atoms with van der Waals surface area (Å²) in [5.74, 6) is 1.46. The van der Waals surface area contributed by atoms with Crippen LogP contribution in [0.5, 0.6) is 0 Å². The number of H-pyrrole nitrogens is 1. The van der Waals surface area contributed by atoms with Crippen molar-refractivity contribution >= 4 is 28.6 Å². The molecule has 6 heteroatoms. The maximum Gasteiger partial charge on any atom is 0.166 e. The molecule has 0 aliphatic carbocycles.